The molecule has 0 saturated carbocycles. The summed E-state index contributed by atoms with van der Waals surface area (Å²) in [5.41, 5.74) is 0.930. The van der Waals surface area contributed by atoms with Crippen LogP contribution < -0.4 is 0 Å². The number of hydrogen-bond donors (Lipinski definition) is 1. The molecule has 2 aromatic rings. The number of hydrogen-bond acceptors (Lipinski definition) is 3. The second kappa shape index (κ2) is 5.27. The summed E-state index contributed by atoms with van der Waals surface area (Å²) in [4.78, 5) is 5.44. The fourth-order valence-corrected chi connectivity index (χ4v) is 3.34. The number of thiazole rings is 1. The van der Waals surface area contributed by atoms with Gasteiger partial charge < -0.3 is 5.11 Å². The van der Waals surface area contributed by atoms with Crippen LogP contribution in [0.4, 0.5) is 0 Å². The first-order valence-corrected chi connectivity index (χ1v) is 6.72. The van der Waals surface area contributed by atoms with Crippen LogP contribution in [-0.4, -0.2) is 16.7 Å². The van der Waals surface area contributed by atoms with Crippen LogP contribution in [-0.2, 0) is 6.42 Å². The van der Waals surface area contributed by atoms with Crippen molar-refractivity contribution in [2.75, 3.05) is 6.61 Å². The topological polar surface area (TPSA) is 33.1 Å². The summed E-state index contributed by atoms with van der Waals surface area (Å²) < 4.78 is 0.793. The van der Waals surface area contributed by atoms with Gasteiger partial charge in [0.15, 0.2) is 0 Å². The van der Waals surface area contributed by atoms with Gasteiger partial charge in [0.25, 0.3) is 0 Å². The summed E-state index contributed by atoms with van der Waals surface area (Å²) in [5.74, 6) is 0. The van der Waals surface area contributed by atoms with Crippen LogP contribution in [0.3, 0.4) is 0 Å². The summed E-state index contributed by atoms with van der Waals surface area (Å²) in [7, 11) is 0. The van der Waals surface area contributed by atoms with Crippen LogP contribution in [0.1, 0.15) is 4.88 Å². The molecule has 0 fully saturated rings. The zero-order chi connectivity index (χ0) is 11.5. The van der Waals surface area contributed by atoms with E-state index in [0.717, 1.165) is 20.1 Å². The molecular formula is C11H9BrClNOS. The van der Waals surface area contributed by atoms with Crippen molar-refractivity contribution in [3.63, 3.8) is 0 Å². The van der Waals surface area contributed by atoms with E-state index in [1.807, 2.05) is 24.3 Å². The molecule has 0 spiro atoms. The Balaban J connectivity index is 2.42. The van der Waals surface area contributed by atoms with E-state index < -0.39 is 0 Å². The molecule has 1 N–H and O–H groups in total. The number of nitrogens with zero attached hydrogens (tertiary/aromatic N) is 1. The predicted octanol–water partition coefficient (Wildman–Crippen LogP) is 3.76. The molecule has 0 radical (unpaired) electrons. The van der Waals surface area contributed by atoms with E-state index in [-0.39, 0.29) is 6.61 Å². The summed E-state index contributed by atoms with van der Waals surface area (Å²) in [6.45, 7) is 0.128. The van der Waals surface area contributed by atoms with E-state index >= 15 is 0 Å². The van der Waals surface area contributed by atoms with Crippen molar-refractivity contribution < 1.29 is 5.11 Å². The highest BCUT2D eigenvalue weighted by atomic mass is 79.9. The minimum atomic E-state index is 0.128. The highest BCUT2D eigenvalue weighted by molar-refractivity contribution is 9.10. The Hall–Kier alpha value is -0.420. The molecule has 0 atom stereocenters. The van der Waals surface area contributed by atoms with E-state index in [4.69, 9.17) is 16.7 Å². The maximum atomic E-state index is 8.91. The largest absolute Gasteiger partial charge is 0.396 e. The van der Waals surface area contributed by atoms with Gasteiger partial charge in [0.1, 0.15) is 9.61 Å². The average Bonchev–Trinajstić information content (AvgIpc) is 2.61. The van der Waals surface area contributed by atoms with Gasteiger partial charge in [0, 0.05) is 23.5 Å². The van der Waals surface area contributed by atoms with E-state index in [0.29, 0.717) is 11.4 Å². The first-order valence-electron chi connectivity index (χ1n) is 4.73. The quantitative estimate of drug-likeness (QED) is 0.934. The third-order valence-electron chi connectivity index (χ3n) is 2.09. The Morgan fingerprint density at radius 2 is 2.12 bits per heavy atom. The van der Waals surface area contributed by atoms with Crippen molar-refractivity contribution in [1.82, 2.24) is 4.98 Å². The molecular weight excluding hydrogens is 310 g/mol. The van der Waals surface area contributed by atoms with Crippen LogP contribution in [0.5, 0.6) is 0 Å². The minimum absolute atomic E-state index is 0.128. The Bertz CT molecular complexity index is 500. The fraction of sp³-hybridized carbons (Fsp3) is 0.182. The van der Waals surface area contributed by atoms with Gasteiger partial charge in [-0.25, -0.2) is 4.98 Å². The molecule has 84 valence electrons. The van der Waals surface area contributed by atoms with Gasteiger partial charge in [-0.1, -0.05) is 29.8 Å². The van der Waals surface area contributed by atoms with Crippen LogP contribution >= 0.6 is 38.9 Å². The molecule has 0 aliphatic carbocycles. The molecule has 0 bridgehead atoms. The van der Waals surface area contributed by atoms with Crippen molar-refractivity contribution in [2.45, 2.75) is 6.42 Å². The summed E-state index contributed by atoms with van der Waals surface area (Å²) >= 11 is 11.0. The number of aliphatic hydroxyl groups is 1. The van der Waals surface area contributed by atoms with Crippen LogP contribution in [0.25, 0.3) is 10.6 Å². The minimum Gasteiger partial charge on any atom is -0.396 e. The lowest BCUT2D eigenvalue weighted by Crippen LogP contribution is -1.86. The van der Waals surface area contributed by atoms with Crippen LogP contribution in [0.2, 0.25) is 5.02 Å². The Labute approximate surface area is 111 Å². The maximum absolute atomic E-state index is 8.91. The van der Waals surface area contributed by atoms with Crippen molar-refractivity contribution in [1.29, 1.82) is 0 Å². The Morgan fingerprint density at radius 1 is 1.38 bits per heavy atom. The van der Waals surface area contributed by atoms with Gasteiger partial charge in [-0.05, 0) is 22.0 Å². The maximum Gasteiger partial charge on any atom is 0.126 e. The number of aliphatic hydroxyl groups excluding tert-OH is 1. The molecule has 0 amide bonds. The monoisotopic (exact) mass is 317 g/mol. The van der Waals surface area contributed by atoms with Crippen molar-refractivity contribution in [2.24, 2.45) is 0 Å². The molecule has 1 aromatic heterocycles. The molecule has 2 nitrogen and oxygen atoms in total. The first-order chi connectivity index (χ1) is 7.72. The average molecular weight is 319 g/mol. The lowest BCUT2D eigenvalue weighted by molar-refractivity contribution is 0.300. The van der Waals surface area contributed by atoms with E-state index in [1.165, 1.54) is 0 Å². The van der Waals surface area contributed by atoms with Crippen molar-refractivity contribution in [3.8, 4) is 10.6 Å². The molecule has 0 saturated heterocycles. The van der Waals surface area contributed by atoms with Gasteiger partial charge >= 0.3 is 0 Å². The summed E-state index contributed by atoms with van der Waals surface area (Å²) in [6.07, 6.45) is 0.614. The zero-order valence-corrected chi connectivity index (χ0v) is 11.4. The van der Waals surface area contributed by atoms with Crippen molar-refractivity contribution in [3.05, 3.63) is 38.8 Å². The SMILES string of the molecule is OCCc1sc(-c2ccccc2Cl)nc1Br. The Kier molecular flexibility index (Phi) is 3.97. The molecule has 16 heavy (non-hydrogen) atoms. The number of halogens is 2. The standard InChI is InChI=1S/C11H9BrClNOS/c12-10-9(5-6-15)16-11(14-10)7-3-1-2-4-8(7)13/h1-4,15H,5-6H2. The smallest absolute Gasteiger partial charge is 0.126 e. The van der Waals surface area contributed by atoms with Gasteiger partial charge in [-0.2, -0.15) is 0 Å². The molecule has 2 rings (SSSR count). The summed E-state index contributed by atoms with van der Waals surface area (Å²) in [5, 5.41) is 10.5. The zero-order valence-electron chi connectivity index (χ0n) is 8.28. The summed E-state index contributed by atoms with van der Waals surface area (Å²) in [6, 6.07) is 7.61. The highest BCUT2D eigenvalue weighted by Gasteiger charge is 2.11. The molecule has 1 heterocycles. The highest BCUT2D eigenvalue weighted by Crippen LogP contribution is 2.34. The number of rotatable bonds is 3. The van der Waals surface area contributed by atoms with Gasteiger partial charge in [-0.15, -0.1) is 11.3 Å². The number of aromatic nitrogens is 1. The fourth-order valence-electron chi connectivity index (χ4n) is 1.34. The lowest BCUT2D eigenvalue weighted by Gasteiger charge is -1.97. The third kappa shape index (κ3) is 2.46. The lowest BCUT2D eigenvalue weighted by atomic mass is 10.2. The molecule has 0 aliphatic heterocycles. The van der Waals surface area contributed by atoms with E-state index in [1.54, 1.807) is 11.3 Å². The molecule has 5 heteroatoms. The van der Waals surface area contributed by atoms with Crippen LogP contribution in [0.15, 0.2) is 28.9 Å². The van der Waals surface area contributed by atoms with Gasteiger partial charge in [-0.3, -0.25) is 0 Å². The Morgan fingerprint density at radius 3 is 2.81 bits per heavy atom. The van der Waals surface area contributed by atoms with E-state index in [9.17, 15) is 0 Å². The molecule has 1 aromatic carbocycles. The van der Waals surface area contributed by atoms with Crippen LogP contribution in [0, 0.1) is 0 Å². The third-order valence-corrected chi connectivity index (χ3v) is 4.49. The van der Waals surface area contributed by atoms with Gasteiger partial charge in [0.05, 0.1) is 5.02 Å². The molecule has 0 aliphatic rings. The molecule has 0 unspecified atom stereocenters. The van der Waals surface area contributed by atoms with Crippen molar-refractivity contribution >= 4 is 38.9 Å². The van der Waals surface area contributed by atoms with E-state index in [2.05, 4.69) is 20.9 Å². The second-order valence-corrected chi connectivity index (χ2v) is 5.43. The second-order valence-electron chi connectivity index (χ2n) is 3.19. The normalized spacial score (nSPS) is 10.7. The number of benzene rings is 1. The van der Waals surface area contributed by atoms with Gasteiger partial charge in [0.2, 0.25) is 0 Å². The predicted molar refractivity (Wildman–Crippen MR) is 71.0 cm³/mol. The first kappa shape index (κ1) is 12.0.